The molecule has 0 aliphatic heterocycles. The van der Waals surface area contributed by atoms with Crippen molar-refractivity contribution in [2.75, 3.05) is 10.6 Å². The molecule has 2 amide bonds. The number of carbonyl (C=O) groups is 2. The van der Waals surface area contributed by atoms with E-state index in [9.17, 15) is 9.59 Å². The fourth-order valence-corrected chi connectivity index (χ4v) is 1.06. The minimum atomic E-state index is -0.0868. The van der Waals surface area contributed by atoms with Crippen LogP contribution in [0.2, 0.25) is 0 Å². The first-order chi connectivity index (χ1) is 8.02. The summed E-state index contributed by atoms with van der Waals surface area (Å²) in [6.07, 6.45) is 1.94. The van der Waals surface area contributed by atoms with Crippen LogP contribution < -0.4 is 10.6 Å². The van der Waals surface area contributed by atoms with Gasteiger partial charge in [0.05, 0.1) is 11.9 Å². The van der Waals surface area contributed by atoms with Crippen molar-refractivity contribution in [3.63, 3.8) is 0 Å². The first kappa shape index (κ1) is 13.2. The van der Waals surface area contributed by atoms with Crippen LogP contribution in [0.15, 0.2) is 18.3 Å². The molecule has 0 saturated carbocycles. The van der Waals surface area contributed by atoms with Crippen molar-refractivity contribution < 1.29 is 9.59 Å². The lowest BCUT2D eigenvalue weighted by Crippen LogP contribution is -2.18. The largest absolute Gasteiger partial charge is 0.325 e. The Morgan fingerprint density at radius 3 is 2.47 bits per heavy atom. The molecule has 0 atom stereocenters. The summed E-state index contributed by atoms with van der Waals surface area (Å²) in [6.45, 7) is 5.40. The second kappa shape index (κ2) is 5.98. The van der Waals surface area contributed by atoms with E-state index in [0.29, 0.717) is 17.9 Å². The van der Waals surface area contributed by atoms with E-state index >= 15 is 0 Å². The molecule has 1 heterocycles. The monoisotopic (exact) mass is 235 g/mol. The van der Waals surface area contributed by atoms with Crippen molar-refractivity contribution in [3.05, 3.63) is 18.3 Å². The van der Waals surface area contributed by atoms with E-state index in [-0.39, 0.29) is 17.7 Å². The van der Waals surface area contributed by atoms with E-state index < -0.39 is 0 Å². The zero-order chi connectivity index (χ0) is 12.8. The highest BCUT2D eigenvalue weighted by Gasteiger charge is 2.07. The Morgan fingerprint density at radius 1 is 1.29 bits per heavy atom. The van der Waals surface area contributed by atoms with Crippen LogP contribution in [0.5, 0.6) is 0 Å². The van der Waals surface area contributed by atoms with Gasteiger partial charge in [0.15, 0.2) is 0 Å². The fraction of sp³-hybridized carbons (Fsp3) is 0.417. The second-order valence-electron chi connectivity index (χ2n) is 3.98. The van der Waals surface area contributed by atoms with Gasteiger partial charge in [0, 0.05) is 12.3 Å². The summed E-state index contributed by atoms with van der Waals surface area (Å²) < 4.78 is 0. The minimum absolute atomic E-state index is 0.0641. The van der Waals surface area contributed by atoms with E-state index in [4.69, 9.17) is 0 Å². The number of nitrogens with one attached hydrogen (secondary N) is 2. The third kappa shape index (κ3) is 4.22. The lowest BCUT2D eigenvalue weighted by molar-refractivity contribution is -0.119. The number of hydrogen-bond acceptors (Lipinski definition) is 3. The molecule has 0 aliphatic carbocycles. The molecule has 0 unspecified atom stereocenters. The Labute approximate surface area is 101 Å². The van der Waals surface area contributed by atoms with Gasteiger partial charge in [0.25, 0.3) is 0 Å². The fourth-order valence-electron chi connectivity index (χ4n) is 1.06. The van der Waals surface area contributed by atoms with Crippen LogP contribution in [0.25, 0.3) is 0 Å². The zero-order valence-electron chi connectivity index (χ0n) is 10.3. The SMILES string of the molecule is CCC(=O)Nc1ccc(NC(=O)C(C)C)nc1. The normalized spacial score (nSPS) is 10.1. The summed E-state index contributed by atoms with van der Waals surface area (Å²) in [5, 5.41) is 5.35. The van der Waals surface area contributed by atoms with Crippen molar-refractivity contribution in [1.82, 2.24) is 4.98 Å². The second-order valence-corrected chi connectivity index (χ2v) is 3.98. The minimum Gasteiger partial charge on any atom is -0.325 e. The molecule has 0 spiro atoms. The van der Waals surface area contributed by atoms with Gasteiger partial charge in [0.2, 0.25) is 11.8 Å². The molecule has 0 fully saturated rings. The van der Waals surface area contributed by atoms with E-state index in [0.717, 1.165) is 0 Å². The third-order valence-corrected chi connectivity index (χ3v) is 2.14. The van der Waals surface area contributed by atoms with E-state index in [1.54, 1.807) is 19.1 Å². The van der Waals surface area contributed by atoms with Crippen LogP contribution in [0.4, 0.5) is 11.5 Å². The van der Waals surface area contributed by atoms with Gasteiger partial charge in [-0.1, -0.05) is 20.8 Å². The Kier molecular flexibility index (Phi) is 4.63. The number of nitrogens with zero attached hydrogens (tertiary/aromatic N) is 1. The highest BCUT2D eigenvalue weighted by molar-refractivity contribution is 5.92. The van der Waals surface area contributed by atoms with Crippen molar-refractivity contribution in [3.8, 4) is 0 Å². The third-order valence-electron chi connectivity index (χ3n) is 2.14. The number of anilines is 2. The van der Waals surface area contributed by atoms with Crippen LogP contribution >= 0.6 is 0 Å². The Hall–Kier alpha value is -1.91. The van der Waals surface area contributed by atoms with Gasteiger partial charge in [-0.15, -0.1) is 0 Å². The predicted molar refractivity (Wildman–Crippen MR) is 66.6 cm³/mol. The average Bonchev–Trinajstić information content (AvgIpc) is 2.31. The predicted octanol–water partition coefficient (Wildman–Crippen LogP) is 2.02. The highest BCUT2D eigenvalue weighted by Crippen LogP contribution is 2.10. The van der Waals surface area contributed by atoms with E-state index in [1.165, 1.54) is 6.20 Å². The van der Waals surface area contributed by atoms with Crippen molar-refractivity contribution >= 4 is 23.3 Å². The van der Waals surface area contributed by atoms with E-state index in [2.05, 4.69) is 15.6 Å². The average molecular weight is 235 g/mol. The molecule has 0 aliphatic rings. The van der Waals surface area contributed by atoms with Crippen LogP contribution in [0, 0.1) is 5.92 Å². The highest BCUT2D eigenvalue weighted by atomic mass is 16.2. The quantitative estimate of drug-likeness (QED) is 0.838. The van der Waals surface area contributed by atoms with Gasteiger partial charge < -0.3 is 10.6 Å². The molecule has 0 saturated heterocycles. The zero-order valence-corrected chi connectivity index (χ0v) is 10.3. The van der Waals surface area contributed by atoms with E-state index in [1.807, 2.05) is 13.8 Å². The van der Waals surface area contributed by atoms with Gasteiger partial charge >= 0.3 is 0 Å². The molecule has 0 aromatic carbocycles. The van der Waals surface area contributed by atoms with Crippen LogP contribution in [0.1, 0.15) is 27.2 Å². The molecule has 17 heavy (non-hydrogen) atoms. The molecule has 1 aromatic rings. The Balaban J connectivity index is 2.62. The number of amides is 2. The maximum Gasteiger partial charge on any atom is 0.228 e. The van der Waals surface area contributed by atoms with Gasteiger partial charge in [-0.05, 0) is 12.1 Å². The summed E-state index contributed by atoms with van der Waals surface area (Å²) in [4.78, 5) is 26.6. The first-order valence-corrected chi connectivity index (χ1v) is 5.59. The molecule has 92 valence electrons. The Morgan fingerprint density at radius 2 is 2.00 bits per heavy atom. The molecule has 1 rings (SSSR count). The maximum atomic E-state index is 11.4. The van der Waals surface area contributed by atoms with Crippen molar-refractivity contribution in [2.24, 2.45) is 5.92 Å². The summed E-state index contributed by atoms with van der Waals surface area (Å²) in [7, 11) is 0. The molecule has 5 heteroatoms. The smallest absolute Gasteiger partial charge is 0.228 e. The van der Waals surface area contributed by atoms with Crippen LogP contribution in [-0.4, -0.2) is 16.8 Å². The van der Waals surface area contributed by atoms with Gasteiger partial charge in [-0.2, -0.15) is 0 Å². The maximum absolute atomic E-state index is 11.4. The molecular formula is C12H17N3O2. The molecule has 1 aromatic heterocycles. The van der Waals surface area contributed by atoms with Crippen LogP contribution in [-0.2, 0) is 9.59 Å². The number of carbonyl (C=O) groups excluding carboxylic acids is 2. The summed E-state index contributed by atoms with van der Waals surface area (Å²) >= 11 is 0. The summed E-state index contributed by atoms with van der Waals surface area (Å²) in [5.41, 5.74) is 0.624. The lowest BCUT2D eigenvalue weighted by atomic mass is 10.2. The number of rotatable bonds is 4. The Bertz CT molecular complexity index is 399. The molecule has 0 bridgehead atoms. The number of aromatic nitrogens is 1. The number of hydrogen-bond donors (Lipinski definition) is 2. The van der Waals surface area contributed by atoms with Crippen molar-refractivity contribution in [1.29, 1.82) is 0 Å². The first-order valence-electron chi connectivity index (χ1n) is 5.59. The molecule has 0 radical (unpaired) electrons. The number of pyridine rings is 1. The summed E-state index contributed by atoms with van der Waals surface area (Å²) in [5.74, 6) is 0.253. The molecule has 2 N–H and O–H groups in total. The van der Waals surface area contributed by atoms with Gasteiger partial charge in [-0.3, -0.25) is 9.59 Å². The standard InChI is InChI=1S/C12H17N3O2/c1-4-11(16)14-9-5-6-10(13-7-9)15-12(17)8(2)3/h5-8H,4H2,1-3H3,(H,14,16)(H,13,15,17). The van der Waals surface area contributed by atoms with Gasteiger partial charge in [-0.25, -0.2) is 4.98 Å². The molecular weight excluding hydrogens is 218 g/mol. The molecule has 5 nitrogen and oxygen atoms in total. The lowest BCUT2D eigenvalue weighted by Gasteiger charge is -2.07. The topological polar surface area (TPSA) is 71.1 Å². The summed E-state index contributed by atoms with van der Waals surface area (Å²) in [6, 6.07) is 3.36. The van der Waals surface area contributed by atoms with Crippen molar-refractivity contribution in [2.45, 2.75) is 27.2 Å². The van der Waals surface area contributed by atoms with Gasteiger partial charge in [0.1, 0.15) is 5.82 Å². The van der Waals surface area contributed by atoms with Crippen LogP contribution in [0.3, 0.4) is 0 Å².